The maximum absolute atomic E-state index is 13.3. The second-order valence-electron chi connectivity index (χ2n) is 4.71. The lowest BCUT2D eigenvalue weighted by atomic mass is 10.1. The van der Waals surface area contributed by atoms with E-state index in [2.05, 4.69) is 29.8 Å². The third-order valence-electron chi connectivity index (χ3n) is 3.21. The van der Waals surface area contributed by atoms with Crippen LogP contribution in [0.3, 0.4) is 0 Å². The van der Waals surface area contributed by atoms with Crippen LogP contribution in [0.1, 0.15) is 37.6 Å². The first-order valence-corrected chi connectivity index (χ1v) is 7.23. The lowest BCUT2D eigenvalue weighted by Crippen LogP contribution is -2.34. The molecule has 1 amide bonds. The van der Waals surface area contributed by atoms with Gasteiger partial charge in [0.25, 0.3) is 5.91 Å². The van der Waals surface area contributed by atoms with Gasteiger partial charge in [0.15, 0.2) is 0 Å². The summed E-state index contributed by atoms with van der Waals surface area (Å²) < 4.78 is 13.7. The maximum Gasteiger partial charge on any atom is 0.255 e. The van der Waals surface area contributed by atoms with Gasteiger partial charge in [-0.05, 0) is 40.9 Å². The molecule has 2 N–H and O–H groups in total. The highest BCUT2D eigenvalue weighted by Gasteiger charge is 2.20. The first kappa shape index (κ1) is 16.0. The number of hydrogen-bond donors (Lipinski definition) is 1. The number of amides is 1. The summed E-state index contributed by atoms with van der Waals surface area (Å²) in [5.74, 6) is -0.213. The van der Waals surface area contributed by atoms with Crippen LogP contribution in [-0.2, 0) is 0 Å². The van der Waals surface area contributed by atoms with Crippen molar-refractivity contribution in [3.8, 4) is 0 Å². The summed E-state index contributed by atoms with van der Waals surface area (Å²) in [6.07, 6.45) is 1.01. The summed E-state index contributed by atoms with van der Waals surface area (Å²) in [5.41, 5.74) is 5.93. The molecule has 0 aliphatic carbocycles. The zero-order chi connectivity index (χ0) is 14.6. The van der Waals surface area contributed by atoms with Crippen molar-refractivity contribution in [3.63, 3.8) is 0 Å². The van der Waals surface area contributed by atoms with E-state index in [1.165, 1.54) is 12.1 Å². The molecule has 0 fully saturated rings. The Morgan fingerprint density at radius 3 is 2.63 bits per heavy atom. The SMILES string of the molecule is CCC(C)CN(CC)C(=O)c1cc(N)c(F)cc1Br. The van der Waals surface area contributed by atoms with Crippen LogP contribution in [0.2, 0.25) is 0 Å². The molecule has 0 bridgehead atoms. The number of nitrogens with zero attached hydrogens (tertiary/aromatic N) is 1. The zero-order valence-electron chi connectivity index (χ0n) is 11.5. The Balaban J connectivity index is 3.00. The minimum atomic E-state index is -0.520. The number of anilines is 1. The minimum absolute atomic E-state index is 0.00820. The van der Waals surface area contributed by atoms with Gasteiger partial charge in [0.2, 0.25) is 0 Å². The summed E-state index contributed by atoms with van der Waals surface area (Å²) in [6, 6.07) is 2.63. The van der Waals surface area contributed by atoms with Crippen molar-refractivity contribution >= 4 is 27.5 Å². The Morgan fingerprint density at radius 1 is 1.47 bits per heavy atom. The molecule has 0 aromatic heterocycles. The van der Waals surface area contributed by atoms with E-state index in [9.17, 15) is 9.18 Å². The summed E-state index contributed by atoms with van der Waals surface area (Å²) >= 11 is 3.22. The molecule has 106 valence electrons. The quantitative estimate of drug-likeness (QED) is 0.837. The van der Waals surface area contributed by atoms with Crippen LogP contribution < -0.4 is 5.73 Å². The van der Waals surface area contributed by atoms with Gasteiger partial charge in [-0.3, -0.25) is 4.79 Å². The van der Waals surface area contributed by atoms with E-state index in [1.807, 2.05) is 6.92 Å². The van der Waals surface area contributed by atoms with Gasteiger partial charge < -0.3 is 10.6 Å². The van der Waals surface area contributed by atoms with Gasteiger partial charge in [-0.25, -0.2) is 4.39 Å². The molecular formula is C14H20BrFN2O. The van der Waals surface area contributed by atoms with Crippen molar-refractivity contribution in [1.82, 2.24) is 4.90 Å². The van der Waals surface area contributed by atoms with Crippen molar-refractivity contribution in [2.45, 2.75) is 27.2 Å². The number of carbonyl (C=O) groups is 1. The van der Waals surface area contributed by atoms with Crippen LogP contribution in [0, 0.1) is 11.7 Å². The van der Waals surface area contributed by atoms with E-state index < -0.39 is 5.82 Å². The first-order valence-electron chi connectivity index (χ1n) is 6.44. The predicted molar refractivity (Wildman–Crippen MR) is 79.5 cm³/mol. The fourth-order valence-electron chi connectivity index (χ4n) is 1.76. The molecule has 0 aliphatic heterocycles. The van der Waals surface area contributed by atoms with Crippen LogP contribution in [0.15, 0.2) is 16.6 Å². The third kappa shape index (κ3) is 3.93. The van der Waals surface area contributed by atoms with Gasteiger partial charge >= 0.3 is 0 Å². The molecule has 19 heavy (non-hydrogen) atoms. The molecule has 0 saturated heterocycles. The molecule has 0 radical (unpaired) electrons. The van der Waals surface area contributed by atoms with Crippen LogP contribution in [-0.4, -0.2) is 23.9 Å². The number of carbonyl (C=O) groups excluding carboxylic acids is 1. The standard InChI is InChI=1S/C14H20BrFN2O/c1-4-9(3)8-18(5-2)14(19)10-6-13(17)12(16)7-11(10)15/h6-7,9H,4-5,8,17H2,1-3H3. The Kier molecular flexibility index (Phi) is 5.79. The monoisotopic (exact) mass is 330 g/mol. The largest absolute Gasteiger partial charge is 0.396 e. The average Bonchev–Trinajstić information content (AvgIpc) is 2.39. The third-order valence-corrected chi connectivity index (χ3v) is 3.87. The minimum Gasteiger partial charge on any atom is -0.396 e. The molecule has 1 aromatic carbocycles. The highest BCUT2D eigenvalue weighted by molar-refractivity contribution is 9.10. The molecular weight excluding hydrogens is 311 g/mol. The molecule has 1 aromatic rings. The second-order valence-corrected chi connectivity index (χ2v) is 5.57. The highest BCUT2D eigenvalue weighted by Crippen LogP contribution is 2.24. The van der Waals surface area contributed by atoms with E-state index in [4.69, 9.17) is 5.73 Å². The number of rotatable bonds is 5. The lowest BCUT2D eigenvalue weighted by molar-refractivity contribution is 0.0740. The van der Waals surface area contributed by atoms with E-state index in [0.29, 0.717) is 29.0 Å². The molecule has 0 heterocycles. The van der Waals surface area contributed by atoms with E-state index in [-0.39, 0.29) is 11.6 Å². The lowest BCUT2D eigenvalue weighted by Gasteiger charge is -2.24. The van der Waals surface area contributed by atoms with E-state index in [0.717, 1.165) is 6.42 Å². The molecule has 5 heteroatoms. The van der Waals surface area contributed by atoms with Gasteiger partial charge in [-0.2, -0.15) is 0 Å². The number of nitrogens with two attached hydrogens (primary N) is 1. The molecule has 3 nitrogen and oxygen atoms in total. The summed E-state index contributed by atoms with van der Waals surface area (Å²) in [4.78, 5) is 14.2. The van der Waals surface area contributed by atoms with Gasteiger partial charge in [-0.15, -0.1) is 0 Å². The van der Waals surface area contributed by atoms with Gasteiger partial charge in [0.1, 0.15) is 5.82 Å². The van der Waals surface area contributed by atoms with Crippen LogP contribution in [0.25, 0.3) is 0 Å². The average molecular weight is 331 g/mol. The van der Waals surface area contributed by atoms with Crippen molar-refractivity contribution in [2.24, 2.45) is 5.92 Å². The molecule has 1 atom stereocenters. The second kappa shape index (κ2) is 6.89. The van der Waals surface area contributed by atoms with Gasteiger partial charge in [0.05, 0.1) is 11.3 Å². The van der Waals surface area contributed by atoms with Crippen LogP contribution >= 0.6 is 15.9 Å². The van der Waals surface area contributed by atoms with Crippen LogP contribution in [0.5, 0.6) is 0 Å². The fourth-order valence-corrected chi connectivity index (χ4v) is 2.25. The number of hydrogen-bond acceptors (Lipinski definition) is 2. The van der Waals surface area contributed by atoms with E-state index >= 15 is 0 Å². The Labute approximate surface area is 122 Å². The highest BCUT2D eigenvalue weighted by atomic mass is 79.9. The molecule has 0 spiro atoms. The van der Waals surface area contributed by atoms with Crippen LogP contribution in [0.4, 0.5) is 10.1 Å². The Morgan fingerprint density at radius 2 is 2.11 bits per heavy atom. The van der Waals surface area contributed by atoms with Gasteiger partial charge in [-0.1, -0.05) is 20.3 Å². The predicted octanol–water partition coefficient (Wildman–Crippen LogP) is 3.68. The molecule has 1 rings (SSSR count). The summed E-state index contributed by atoms with van der Waals surface area (Å²) in [6.45, 7) is 7.43. The van der Waals surface area contributed by atoms with Crippen molar-refractivity contribution in [2.75, 3.05) is 18.8 Å². The van der Waals surface area contributed by atoms with E-state index in [1.54, 1.807) is 4.90 Å². The maximum atomic E-state index is 13.3. The van der Waals surface area contributed by atoms with Crippen molar-refractivity contribution in [1.29, 1.82) is 0 Å². The smallest absolute Gasteiger partial charge is 0.255 e. The summed E-state index contributed by atoms with van der Waals surface area (Å²) in [5, 5.41) is 0. The first-order chi connectivity index (χ1) is 8.90. The number of nitrogen functional groups attached to an aromatic ring is 1. The fraction of sp³-hybridized carbons (Fsp3) is 0.500. The molecule has 1 unspecified atom stereocenters. The molecule has 0 saturated carbocycles. The topological polar surface area (TPSA) is 46.3 Å². The zero-order valence-corrected chi connectivity index (χ0v) is 13.1. The van der Waals surface area contributed by atoms with Gasteiger partial charge in [0, 0.05) is 17.6 Å². The number of halogens is 2. The Hall–Kier alpha value is -1.10. The number of benzene rings is 1. The Bertz CT molecular complexity index is 465. The van der Waals surface area contributed by atoms with Crippen molar-refractivity contribution in [3.05, 3.63) is 28.0 Å². The summed E-state index contributed by atoms with van der Waals surface area (Å²) in [7, 11) is 0. The molecule has 0 aliphatic rings. The van der Waals surface area contributed by atoms with Crippen molar-refractivity contribution < 1.29 is 9.18 Å². The normalized spacial score (nSPS) is 12.3.